The van der Waals surface area contributed by atoms with Crippen molar-refractivity contribution in [3.05, 3.63) is 53.6 Å². The maximum atomic E-state index is 13.1. The van der Waals surface area contributed by atoms with E-state index in [1.54, 1.807) is 0 Å². The van der Waals surface area contributed by atoms with E-state index >= 15 is 0 Å². The van der Waals surface area contributed by atoms with Crippen LogP contribution in [-0.2, 0) is 7.05 Å². The van der Waals surface area contributed by atoms with E-state index in [0.29, 0.717) is 36.2 Å². The monoisotopic (exact) mass is 444 g/mol. The van der Waals surface area contributed by atoms with Crippen LogP contribution in [0.15, 0.2) is 46.6 Å². The molecule has 0 aliphatic carbocycles. The van der Waals surface area contributed by atoms with E-state index in [9.17, 15) is 14.4 Å². The van der Waals surface area contributed by atoms with E-state index in [1.165, 1.54) is 12.1 Å². The number of fused-ring (bicyclic) bond motifs is 1. The minimum atomic E-state index is -0.190. The fourth-order valence-electron chi connectivity index (χ4n) is 4.41. The smallest absolute Gasteiger partial charge is 0.271 e. The Morgan fingerprint density at radius 1 is 1.13 bits per heavy atom. The van der Waals surface area contributed by atoms with Gasteiger partial charge in [-0.2, -0.15) is 0 Å². The fraction of sp³-hybridized carbons (Fsp3) is 0.478. The molecule has 0 saturated carbocycles. The predicted molar refractivity (Wildman–Crippen MR) is 121 cm³/mol. The normalized spacial score (nSPS) is 19.6. The number of hydrogen-bond donors (Lipinski definition) is 1. The maximum Gasteiger partial charge on any atom is 0.271 e. The van der Waals surface area contributed by atoms with Gasteiger partial charge in [-0.3, -0.25) is 4.79 Å². The second-order valence-corrected chi connectivity index (χ2v) is 9.62. The van der Waals surface area contributed by atoms with Crippen molar-refractivity contribution < 1.29 is 14.4 Å². The summed E-state index contributed by atoms with van der Waals surface area (Å²) < 4.78 is 14.9. The van der Waals surface area contributed by atoms with Gasteiger partial charge in [-0.1, -0.05) is 5.16 Å². The molecular weight excluding hydrogens is 415 g/mol. The van der Waals surface area contributed by atoms with E-state index in [4.69, 9.17) is 0 Å². The number of aromatic nitrogens is 1. The summed E-state index contributed by atoms with van der Waals surface area (Å²) in [5, 5.41) is 13.3. The number of oxime groups is 1. The summed E-state index contributed by atoms with van der Waals surface area (Å²) >= 11 is 1.84. The average molecular weight is 445 g/mol. The Bertz CT molecular complexity index is 936. The first kappa shape index (κ1) is 21.9. The van der Waals surface area contributed by atoms with E-state index in [0.717, 1.165) is 49.4 Å². The Kier molecular flexibility index (Phi) is 6.97. The van der Waals surface area contributed by atoms with E-state index < -0.39 is 0 Å². The third-order valence-electron chi connectivity index (χ3n) is 6.17. The lowest BCUT2D eigenvalue weighted by Gasteiger charge is -2.32. The first-order valence-corrected chi connectivity index (χ1v) is 11.7. The van der Waals surface area contributed by atoms with Crippen molar-refractivity contribution >= 4 is 23.4 Å². The Balaban J connectivity index is 1.24. The molecular formula is C23H29FN4O2S. The van der Waals surface area contributed by atoms with Crippen LogP contribution in [0.1, 0.15) is 41.7 Å². The van der Waals surface area contributed by atoms with Gasteiger partial charge < -0.3 is 19.6 Å². The van der Waals surface area contributed by atoms with Crippen LogP contribution in [0.2, 0.25) is 0 Å². The lowest BCUT2D eigenvalue weighted by Crippen LogP contribution is -2.38. The van der Waals surface area contributed by atoms with Crippen molar-refractivity contribution in [2.45, 2.75) is 35.8 Å². The Morgan fingerprint density at radius 2 is 1.87 bits per heavy atom. The molecule has 166 valence electrons. The van der Waals surface area contributed by atoms with Crippen molar-refractivity contribution in [3.63, 3.8) is 0 Å². The van der Waals surface area contributed by atoms with Gasteiger partial charge in [0, 0.05) is 48.5 Å². The molecule has 0 radical (unpaired) electrons. The lowest BCUT2D eigenvalue weighted by atomic mass is 10.1. The van der Waals surface area contributed by atoms with E-state index in [1.807, 2.05) is 52.7 Å². The number of amides is 1. The summed E-state index contributed by atoms with van der Waals surface area (Å²) in [6.45, 7) is 4.35. The van der Waals surface area contributed by atoms with Gasteiger partial charge in [0.15, 0.2) is 0 Å². The highest BCUT2D eigenvalue weighted by molar-refractivity contribution is 8.00. The van der Waals surface area contributed by atoms with Crippen LogP contribution >= 0.6 is 11.8 Å². The van der Waals surface area contributed by atoms with Gasteiger partial charge in [0.1, 0.15) is 11.5 Å². The molecule has 2 aromatic rings. The van der Waals surface area contributed by atoms with Gasteiger partial charge in [-0.05, 0) is 69.2 Å². The van der Waals surface area contributed by atoms with Crippen LogP contribution in [0.25, 0.3) is 0 Å². The fourth-order valence-corrected chi connectivity index (χ4v) is 5.54. The van der Waals surface area contributed by atoms with Crippen molar-refractivity contribution in [1.82, 2.24) is 14.4 Å². The Morgan fingerprint density at radius 3 is 2.58 bits per heavy atom. The second-order valence-electron chi connectivity index (χ2n) is 8.24. The summed E-state index contributed by atoms with van der Waals surface area (Å²) in [7, 11) is 1.85. The van der Waals surface area contributed by atoms with Gasteiger partial charge >= 0.3 is 0 Å². The first-order chi connectivity index (χ1) is 15.0. The largest absolute Gasteiger partial charge is 0.411 e. The Labute approximate surface area is 186 Å². The zero-order valence-electron chi connectivity index (χ0n) is 17.8. The molecule has 3 heterocycles. The molecule has 6 nitrogen and oxygen atoms in total. The highest BCUT2D eigenvalue weighted by Crippen LogP contribution is 2.30. The van der Waals surface area contributed by atoms with Crippen LogP contribution in [0.4, 0.5) is 4.39 Å². The summed E-state index contributed by atoms with van der Waals surface area (Å²) in [5.41, 5.74) is 1.91. The highest BCUT2D eigenvalue weighted by atomic mass is 32.2. The van der Waals surface area contributed by atoms with Gasteiger partial charge in [-0.25, -0.2) is 4.39 Å². The first-order valence-electron chi connectivity index (χ1n) is 10.9. The second kappa shape index (κ2) is 9.87. The molecule has 4 rings (SSSR count). The van der Waals surface area contributed by atoms with Gasteiger partial charge in [0.25, 0.3) is 5.91 Å². The van der Waals surface area contributed by atoms with Crippen LogP contribution in [-0.4, -0.2) is 69.2 Å². The number of carbonyl (C=O) groups excluding carboxylic acids is 1. The van der Waals surface area contributed by atoms with Crippen LogP contribution in [0.3, 0.4) is 0 Å². The SMILES string of the molecule is Cn1ccc2c1C(=O)N(CCCN1CCC(Sc3ccc(F)cc3)CC1)CCC2=NO. The molecule has 0 atom stereocenters. The van der Waals surface area contributed by atoms with E-state index in [-0.39, 0.29) is 11.7 Å². The summed E-state index contributed by atoms with van der Waals surface area (Å²) in [6.07, 6.45) is 5.56. The van der Waals surface area contributed by atoms with Gasteiger partial charge in [-0.15, -0.1) is 11.8 Å². The van der Waals surface area contributed by atoms with Crippen molar-refractivity contribution in [2.24, 2.45) is 12.2 Å². The highest BCUT2D eigenvalue weighted by Gasteiger charge is 2.28. The summed E-state index contributed by atoms with van der Waals surface area (Å²) in [5.74, 6) is -0.180. The Hall–Kier alpha value is -2.32. The third kappa shape index (κ3) is 5.13. The molecule has 0 unspecified atom stereocenters. The molecule has 1 N–H and O–H groups in total. The zero-order chi connectivity index (χ0) is 21.8. The average Bonchev–Trinajstić information content (AvgIpc) is 3.10. The molecule has 0 bridgehead atoms. The number of rotatable bonds is 6. The van der Waals surface area contributed by atoms with Crippen LogP contribution in [0, 0.1) is 5.82 Å². The van der Waals surface area contributed by atoms with E-state index in [2.05, 4.69) is 10.1 Å². The number of aryl methyl sites for hydroxylation is 1. The number of carbonyl (C=O) groups is 1. The zero-order valence-corrected chi connectivity index (χ0v) is 18.7. The third-order valence-corrected chi connectivity index (χ3v) is 7.51. The van der Waals surface area contributed by atoms with Gasteiger partial charge in [0.2, 0.25) is 0 Å². The van der Waals surface area contributed by atoms with Crippen molar-refractivity contribution in [1.29, 1.82) is 0 Å². The molecule has 0 spiro atoms. The topological polar surface area (TPSA) is 61.1 Å². The number of piperidine rings is 1. The standard InChI is InChI=1S/C23H29FN4O2S/c1-26-13-9-20-21(25-30)10-16-28(23(29)22(20)26)12-2-11-27-14-7-19(8-15-27)31-18-5-3-17(24)4-6-18/h3-6,9,13,19,30H,2,7-8,10-12,14-16H2,1H3. The van der Waals surface area contributed by atoms with Crippen molar-refractivity contribution in [3.8, 4) is 0 Å². The number of nitrogens with zero attached hydrogens (tertiary/aromatic N) is 4. The molecule has 31 heavy (non-hydrogen) atoms. The number of thioether (sulfide) groups is 1. The molecule has 1 fully saturated rings. The predicted octanol–water partition coefficient (Wildman–Crippen LogP) is 3.84. The minimum Gasteiger partial charge on any atom is -0.411 e. The number of hydrogen-bond acceptors (Lipinski definition) is 5. The molecule has 1 aromatic heterocycles. The number of halogens is 1. The molecule has 1 aromatic carbocycles. The van der Waals surface area contributed by atoms with Crippen LogP contribution < -0.4 is 0 Å². The lowest BCUT2D eigenvalue weighted by molar-refractivity contribution is 0.0744. The van der Waals surface area contributed by atoms with Crippen LogP contribution in [0.5, 0.6) is 0 Å². The molecule has 1 amide bonds. The molecule has 2 aliphatic heterocycles. The molecule has 2 aliphatic rings. The molecule has 1 saturated heterocycles. The van der Waals surface area contributed by atoms with Crippen molar-refractivity contribution in [2.75, 3.05) is 32.7 Å². The molecule has 8 heteroatoms. The number of likely N-dealkylation sites (tertiary alicyclic amines) is 1. The summed E-state index contributed by atoms with van der Waals surface area (Å²) in [4.78, 5) is 18.5. The number of benzene rings is 1. The van der Waals surface area contributed by atoms with Gasteiger partial charge in [0.05, 0.1) is 5.71 Å². The summed E-state index contributed by atoms with van der Waals surface area (Å²) in [6, 6.07) is 8.61. The minimum absolute atomic E-state index is 0.00977. The quantitative estimate of drug-likeness (QED) is 0.543. The maximum absolute atomic E-state index is 13.1.